The molecule has 2 aromatic heterocycles. The van der Waals surface area contributed by atoms with Crippen molar-refractivity contribution in [3.8, 4) is 21.7 Å². The van der Waals surface area contributed by atoms with Crippen molar-refractivity contribution in [2.75, 3.05) is 0 Å². The van der Waals surface area contributed by atoms with E-state index >= 15 is 0 Å². The van der Waals surface area contributed by atoms with E-state index in [0.717, 1.165) is 33.1 Å². The SMILES string of the molecule is CCc1nc(-c2ccc(F)cc2)c(-c2ccnc(S(N)(=O)(c3ccccc3)C(C)C)c2)s1. The Kier molecular flexibility index (Phi) is 5.83. The van der Waals surface area contributed by atoms with Crippen molar-refractivity contribution in [3.63, 3.8) is 0 Å². The van der Waals surface area contributed by atoms with Gasteiger partial charge in [0.1, 0.15) is 10.8 Å². The van der Waals surface area contributed by atoms with Crippen molar-refractivity contribution in [1.29, 1.82) is 0 Å². The van der Waals surface area contributed by atoms with E-state index in [4.69, 9.17) is 10.1 Å². The highest BCUT2D eigenvalue weighted by Crippen LogP contribution is 2.43. The molecule has 7 heteroatoms. The van der Waals surface area contributed by atoms with Crippen molar-refractivity contribution >= 4 is 20.6 Å². The van der Waals surface area contributed by atoms with Crippen molar-refractivity contribution in [2.24, 2.45) is 5.14 Å². The van der Waals surface area contributed by atoms with Gasteiger partial charge in [-0.2, -0.15) is 0 Å². The summed E-state index contributed by atoms with van der Waals surface area (Å²) in [6.45, 7) is 5.77. The zero-order valence-electron chi connectivity index (χ0n) is 18.3. The lowest BCUT2D eigenvalue weighted by Gasteiger charge is -2.41. The molecule has 0 saturated carbocycles. The molecule has 0 aliphatic heterocycles. The zero-order chi connectivity index (χ0) is 23.0. The summed E-state index contributed by atoms with van der Waals surface area (Å²) in [5.74, 6) is -0.293. The van der Waals surface area contributed by atoms with E-state index in [1.54, 1.807) is 41.8 Å². The predicted octanol–water partition coefficient (Wildman–Crippen LogP) is 6.09. The van der Waals surface area contributed by atoms with Crippen molar-refractivity contribution in [2.45, 2.75) is 42.4 Å². The van der Waals surface area contributed by atoms with Crippen LogP contribution in [-0.2, 0) is 15.7 Å². The first-order chi connectivity index (χ1) is 15.2. The van der Waals surface area contributed by atoms with Crippen LogP contribution >= 0.6 is 11.3 Å². The number of nitrogens with two attached hydrogens (primary N) is 1. The lowest BCUT2D eigenvalue weighted by atomic mass is 10.1. The number of benzene rings is 2. The van der Waals surface area contributed by atoms with E-state index in [1.807, 2.05) is 51.1 Å². The number of pyridine rings is 1. The largest absolute Gasteiger partial charge is 0.263 e. The van der Waals surface area contributed by atoms with Gasteiger partial charge in [-0.15, -0.1) is 11.3 Å². The molecule has 2 heterocycles. The molecule has 4 aromatic rings. The second-order valence-electron chi connectivity index (χ2n) is 7.96. The average molecular weight is 468 g/mol. The Bertz CT molecular complexity index is 1320. The highest BCUT2D eigenvalue weighted by atomic mass is 32.3. The third-order valence-electron chi connectivity index (χ3n) is 5.69. The molecule has 0 saturated heterocycles. The summed E-state index contributed by atoms with van der Waals surface area (Å²) in [6.07, 6.45) is 2.43. The van der Waals surface area contributed by atoms with E-state index in [2.05, 4.69) is 4.98 Å². The molecule has 0 amide bonds. The van der Waals surface area contributed by atoms with Gasteiger partial charge in [0.05, 0.1) is 15.6 Å². The minimum atomic E-state index is -3.97. The molecular weight excluding hydrogens is 441 g/mol. The first kappa shape index (κ1) is 22.5. The van der Waals surface area contributed by atoms with Crippen LogP contribution in [0.1, 0.15) is 25.8 Å². The predicted molar refractivity (Wildman–Crippen MR) is 131 cm³/mol. The smallest absolute Gasteiger partial charge is 0.123 e. The molecule has 0 aliphatic carbocycles. The fourth-order valence-electron chi connectivity index (χ4n) is 3.63. The Morgan fingerprint density at radius 3 is 2.34 bits per heavy atom. The number of hydrogen-bond acceptors (Lipinski definition) is 4. The molecule has 0 aliphatic rings. The summed E-state index contributed by atoms with van der Waals surface area (Å²) in [6, 6.07) is 19.2. The van der Waals surface area contributed by atoms with Gasteiger partial charge in [-0.05, 0) is 60.5 Å². The van der Waals surface area contributed by atoms with Crippen LogP contribution in [0, 0.1) is 5.82 Å². The number of rotatable bonds is 6. The van der Waals surface area contributed by atoms with Crippen LogP contribution in [0.2, 0.25) is 0 Å². The Hall–Kier alpha value is -2.74. The molecule has 4 rings (SSSR count). The number of thiazole rings is 1. The molecule has 0 bridgehead atoms. The number of nitrogens with zero attached hydrogens (tertiary/aromatic N) is 2. The Labute approximate surface area is 191 Å². The van der Waals surface area contributed by atoms with Crippen LogP contribution < -0.4 is 5.14 Å². The maximum atomic E-state index is 14.6. The van der Waals surface area contributed by atoms with E-state index in [9.17, 15) is 8.60 Å². The first-order valence-corrected chi connectivity index (χ1v) is 13.4. The van der Waals surface area contributed by atoms with Gasteiger partial charge in [-0.3, -0.25) is 9.35 Å². The third kappa shape index (κ3) is 3.70. The van der Waals surface area contributed by atoms with Crippen LogP contribution in [0.4, 0.5) is 4.39 Å². The third-order valence-corrected chi connectivity index (χ3v) is 11.1. The first-order valence-electron chi connectivity index (χ1n) is 10.5. The Morgan fingerprint density at radius 2 is 1.72 bits per heavy atom. The van der Waals surface area contributed by atoms with E-state index in [0.29, 0.717) is 9.92 Å². The molecule has 0 unspecified atom stereocenters. The molecule has 166 valence electrons. The maximum absolute atomic E-state index is 14.6. The van der Waals surface area contributed by atoms with Crippen LogP contribution in [-0.4, -0.2) is 19.4 Å². The summed E-state index contributed by atoms with van der Waals surface area (Å²) in [5, 5.41) is 7.77. The van der Waals surface area contributed by atoms with Gasteiger partial charge in [0, 0.05) is 31.2 Å². The fraction of sp³-hybridized carbons (Fsp3) is 0.200. The number of aryl methyl sites for hydroxylation is 1. The molecule has 0 radical (unpaired) electrons. The standard InChI is InChI=1S/C25H26FN3OS2/c1-4-22-29-24(18-10-12-20(26)13-11-18)25(31-22)19-14-15-28-23(16-19)32(27,30,17(2)3)21-8-6-5-7-9-21/h5-17H,4H2,1-3H3,(H2,27,30). The minimum absolute atomic E-state index is 0.293. The van der Waals surface area contributed by atoms with E-state index < -0.39 is 9.25 Å². The van der Waals surface area contributed by atoms with E-state index in [-0.39, 0.29) is 11.1 Å². The molecule has 2 aromatic carbocycles. The molecule has 0 atom stereocenters. The van der Waals surface area contributed by atoms with Gasteiger partial charge in [-0.1, -0.05) is 39.0 Å². The summed E-state index contributed by atoms with van der Waals surface area (Å²) >= 11 is 1.57. The topological polar surface area (TPSA) is 68.9 Å². The second kappa shape index (κ2) is 8.31. The second-order valence-corrected chi connectivity index (χ2v) is 13.0. The zero-order valence-corrected chi connectivity index (χ0v) is 19.9. The van der Waals surface area contributed by atoms with Gasteiger partial charge in [0.25, 0.3) is 0 Å². The molecule has 32 heavy (non-hydrogen) atoms. The normalized spacial score (nSPS) is 13.1. The maximum Gasteiger partial charge on any atom is 0.123 e. The summed E-state index contributed by atoms with van der Waals surface area (Å²) in [5.41, 5.74) is 2.44. The van der Waals surface area contributed by atoms with Gasteiger partial charge >= 0.3 is 0 Å². The van der Waals surface area contributed by atoms with Crippen LogP contribution in [0.3, 0.4) is 0 Å². The van der Waals surface area contributed by atoms with Crippen LogP contribution in [0.15, 0.2) is 82.8 Å². The molecule has 0 fully saturated rings. The Morgan fingerprint density at radius 1 is 1.03 bits per heavy atom. The van der Waals surface area contributed by atoms with Gasteiger partial charge < -0.3 is 0 Å². The van der Waals surface area contributed by atoms with Crippen molar-refractivity contribution < 1.29 is 8.60 Å². The summed E-state index contributed by atoms with van der Waals surface area (Å²) in [4.78, 5) is 10.8. The molecule has 0 spiro atoms. The quantitative estimate of drug-likeness (QED) is 0.373. The molecule has 2 N–H and O–H groups in total. The Balaban J connectivity index is 1.92. The number of hydrogen-bond donors (Lipinski definition) is 1. The van der Waals surface area contributed by atoms with Crippen molar-refractivity contribution in [1.82, 2.24) is 9.97 Å². The lowest BCUT2D eigenvalue weighted by molar-refractivity contribution is 0.628. The number of aromatic nitrogens is 2. The van der Waals surface area contributed by atoms with Gasteiger partial charge in [-0.25, -0.2) is 14.4 Å². The van der Waals surface area contributed by atoms with Crippen LogP contribution in [0.5, 0.6) is 0 Å². The molecular formula is C25H26FN3OS2. The van der Waals surface area contributed by atoms with Gasteiger partial charge in [0.15, 0.2) is 0 Å². The number of halogens is 1. The van der Waals surface area contributed by atoms with Gasteiger partial charge in [0.2, 0.25) is 0 Å². The average Bonchev–Trinajstić information content (AvgIpc) is 3.25. The summed E-state index contributed by atoms with van der Waals surface area (Å²) < 4.78 is 28.1. The van der Waals surface area contributed by atoms with E-state index in [1.165, 1.54) is 12.1 Å². The highest BCUT2D eigenvalue weighted by molar-refractivity contribution is 8.18. The minimum Gasteiger partial charge on any atom is -0.263 e. The fourth-order valence-corrected chi connectivity index (χ4v) is 7.29. The lowest BCUT2D eigenvalue weighted by Crippen LogP contribution is -2.51. The molecule has 4 nitrogen and oxygen atoms in total. The monoisotopic (exact) mass is 467 g/mol. The van der Waals surface area contributed by atoms with Crippen molar-refractivity contribution in [3.05, 3.63) is 83.8 Å². The highest BCUT2D eigenvalue weighted by Gasteiger charge is 2.41. The van der Waals surface area contributed by atoms with Crippen LogP contribution in [0.25, 0.3) is 21.7 Å². The summed E-state index contributed by atoms with van der Waals surface area (Å²) in [7, 11) is -3.97.